The molecule has 6 heteroatoms. The second-order valence-electron chi connectivity index (χ2n) is 5.06. The predicted octanol–water partition coefficient (Wildman–Crippen LogP) is 2.92. The minimum absolute atomic E-state index is 0.187. The van der Waals surface area contributed by atoms with Crippen molar-refractivity contribution in [1.29, 1.82) is 0 Å². The molecule has 4 nitrogen and oxygen atoms in total. The van der Waals surface area contributed by atoms with Gasteiger partial charge < -0.3 is 4.74 Å². The second-order valence-corrected chi connectivity index (χ2v) is 7.54. The minimum atomic E-state index is -3.44. The molecule has 0 radical (unpaired) electrons. The van der Waals surface area contributed by atoms with E-state index in [0.717, 1.165) is 32.3 Å². The zero-order valence-electron chi connectivity index (χ0n) is 11.6. The monoisotopic (exact) mass is 317 g/mol. The van der Waals surface area contributed by atoms with Crippen molar-refractivity contribution in [2.75, 3.05) is 20.2 Å². The van der Waals surface area contributed by atoms with Crippen LogP contribution in [0.15, 0.2) is 29.2 Å². The van der Waals surface area contributed by atoms with E-state index in [1.807, 2.05) is 0 Å². The molecular formula is C14H20ClNO3S. The van der Waals surface area contributed by atoms with Crippen LogP contribution in [-0.4, -0.2) is 39.0 Å². The molecule has 2 rings (SSSR count). The van der Waals surface area contributed by atoms with Gasteiger partial charge in [-0.25, -0.2) is 12.7 Å². The molecule has 0 amide bonds. The third-order valence-corrected chi connectivity index (χ3v) is 5.68. The molecule has 1 fully saturated rings. The Morgan fingerprint density at radius 1 is 1.30 bits per heavy atom. The minimum Gasteiger partial charge on any atom is -0.378 e. The van der Waals surface area contributed by atoms with Crippen LogP contribution in [-0.2, 0) is 14.8 Å². The van der Waals surface area contributed by atoms with Gasteiger partial charge in [0.2, 0.25) is 10.0 Å². The summed E-state index contributed by atoms with van der Waals surface area (Å²) in [5, 5.41) is 0.530. The summed E-state index contributed by atoms with van der Waals surface area (Å²) < 4.78 is 31.7. The Hall–Kier alpha value is -0.620. The molecule has 20 heavy (non-hydrogen) atoms. The van der Waals surface area contributed by atoms with Crippen molar-refractivity contribution in [2.45, 2.75) is 36.7 Å². The van der Waals surface area contributed by atoms with Crippen molar-refractivity contribution in [3.05, 3.63) is 29.3 Å². The number of hydrogen-bond donors (Lipinski definition) is 0. The van der Waals surface area contributed by atoms with E-state index in [-0.39, 0.29) is 11.0 Å². The first-order valence-corrected chi connectivity index (χ1v) is 8.65. The first-order chi connectivity index (χ1) is 9.50. The van der Waals surface area contributed by atoms with Crippen molar-refractivity contribution >= 4 is 21.6 Å². The molecule has 0 spiro atoms. The Balaban J connectivity index is 1.96. The number of benzene rings is 1. The van der Waals surface area contributed by atoms with Crippen LogP contribution < -0.4 is 0 Å². The van der Waals surface area contributed by atoms with E-state index in [1.165, 1.54) is 16.4 Å². The summed E-state index contributed by atoms with van der Waals surface area (Å²) in [6, 6.07) is 6.25. The molecule has 1 saturated heterocycles. The highest BCUT2D eigenvalue weighted by Gasteiger charge is 2.22. The van der Waals surface area contributed by atoms with Gasteiger partial charge in [-0.1, -0.05) is 11.6 Å². The molecule has 1 aromatic carbocycles. The zero-order valence-corrected chi connectivity index (χ0v) is 13.2. The maximum atomic E-state index is 12.4. The van der Waals surface area contributed by atoms with E-state index in [1.54, 1.807) is 19.2 Å². The van der Waals surface area contributed by atoms with Crippen LogP contribution in [0.1, 0.15) is 25.7 Å². The summed E-state index contributed by atoms with van der Waals surface area (Å²) in [4.78, 5) is 0.272. The molecule has 1 unspecified atom stereocenters. The molecule has 0 bridgehead atoms. The molecule has 0 aliphatic carbocycles. The third kappa shape index (κ3) is 3.95. The Kier molecular flexibility index (Phi) is 5.43. The predicted molar refractivity (Wildman–Crippen MR) is 79.5 cm³/mol. The molecule has 1 heterocycles. The van der Waals surface area contributed by atoms with Crippen LogP contribution >= 0.6 is 11.6 Å². The average molecular weight is 318 g/mol. The normalized spacial score (nSPS) is 20.2. The largest absolute Gasteiger partial charge is 0.378 e. The highest BCUT2D eigenvalue weighted by molar-refractivity contribution is 7.89. The van der Waals surface area contributed by atoms with Gasteiger partial charge in [0.05, 0.1) is 11.0 Å². The third-order valence-electron chi connectivity index (χ3n) is 3.56. The van der Waals surface area contributed by atoms with Crippen molar-refractivity contribution in [3.63, 3.8) is 0 Å². The van der Waals surface area contributed by atoms with E-state index in [4.69, 9.17) is 16.3 Å². The van der Waals surface area contributed by atoms with E-state index in [9.17, 15) is 8.42 Å². The fourth-order valence-electron chi connectivity index (χ4n) is 2.27. The number of nitrogens with zero attached hydrogens (tertiary/aromatic N) is 1. The van der Waals surface area contributed by atoms with Gasteiger partial charge in [0.25, 0.3) is 0 Å². The van der Waals surface area contributed by atoms with Gasteiger partial charge in [-0.2, -0.15) is 0 Å². The van der Waals surface area contributed by atoms with Crippen LogP contribution in [0.5, 0.6) is 0 Å². The molecule has 1 atom stereocenters. The highest BCUT2D eigenvalue weighted by Crippen LogP contribution is 2.20. The fraction of sp³-hybridized carbons (Fsp3) is 0.571. The fourth-order valence-corrected chi connectivity index (χ4v) is 3.58. The SMILES string of the molecule is CN(CCC1CCCCO1)S(=O)(=O)c1ccc(Cl)cc1. The summed E-state index contributed by atoms with van der Waals surface area (Å²) in [6.07, 6.45) is 4.22. The number of hydrogen-bond acceptors (Lipinski definition) is 3. The number of ether oxygens (including phenoxy) is 1. The quantitative estimate of drug-likeness (QED) is 0.839. The molecule has 1 aliphatic heterocycles. The van der Waals surface area contributed by atoms with Gasteiger partial charge in [0.1, 0.15) is 0 Å². The average Bonchev–Trinajstić information content (AvgIpc) is 2.46. The summed E-state index contributed by atoms with van der Waals surface area (Å²) in [6.45, 7) is 1.26. The first-order valence-electron chi connectivity index (χ1n) is 6.83. The van der Waals surface area contributed by atoms with Crippen LogP contribution in [0.25, 0.3) is 0 Å². The van der Waals surface area contributed by atoms with Crippen molar-refractivity contribution in [2.24, 2.45) is 0 Å². The molecule has 1 aromatic rings. The topological polar surface area (TPSA) is 46.6 Å². The zero-order chi connectivity index (χ0) is 14.6. The van der Waals surface area contributed by atoms with Gasteiger partial charge in [0, 0.05) is 25.2 Å². The summed E-state index contributed by atoms with van der Waals surface area (Å²) in [5.74, 6) is 0. The highest BCUT2D eigenvalue weighted by atomic mass is 35.5. The van der Waals surface area contributed by atoms with Gasteiger partial charge in [-0.15, -0.1) is 0 Å². The van der Waals surface area contributed by atoms with E-state index >= 15 is 0 Å². The number of halogens is 1. The van der Waals surface area contributed by atoms with Crippen molar-refractivity contribution in [1.82, 2.24) is 4.31 Å². The lowest BCUT2D eigenvalue weighted by Gasteiger charge is -2.25. The molecule has 112 valence electrons. The molecular weight excluding hydrogens is 298 g/mol. The Labute approximate surface area is 125 Å². The Bertz CT molecular complexity index is 524. The number of rotatable bonds is 5. The van der Waals surface area contributed by atoms with Gasteiger partial charge in [0.15, 0.2) is 0 Å². The second kappa shape index (κ2) is 6.89. The van der Waals surface area contributed by atoms with E-state index < -0.39 is 10.0 Å². The standard InChI is InChI=1S/C14H20ClNO3S/c1-16(10-9-13-4-2-3-11-19-13)20(17,18)14-7-5-12(15)6-8-14/h5-8,13H,2-4,9-11H2,1H3. The lowest BCUT2D eigenvalue weighted by Crippen LogP contribution is -2.31. The smallest absolute Gasteiger partial charge is 0.242 e. The Morgan fingerprint density at radius 2 is 2.00 bits per heavy atom. The van der Waals surface area contributed by atoms with Crippen LogP contribution in [0.2, 0.25) is 5.02 Å². The molecule has 0 aromatic heterocycles. The van der Waals surface area contributed by atoms with Crippen LogP contribution in [0.3, 0.4) is 0 Å². The van der Waals surface area contributed by atoms with Crippen LogP contribution in [0.4, 0.5) is 0 Å². The molecule has 0 N–H and O–H groups in total. The summed E-state index contributed by atoms with van der Waals surface area (Å²) in [5.41, 5.74) is 0. The van der Waals surface area contributed by atoms with Crippen molar-refractivity contribution < 1.29 is 13.2 Å². The van der Waals surface area contributed by atoms with Crippen LogP contribution in [0, 0.1) is 0 Å². The van der Waals surface area contributed by atoms with E-state index in [2.05, 4.69) is 0 Å². The molecule has 0 saturated carbocycles. The van der Waals surface area contributed by atoms with Crippen molar-refractivity contribution in [3.8, 4) is 0 Å². The first kappa shape index (κ1) is 15.8. The van der Waals surface area contributed by atoms with E-state index in [0.29, 0.717) is 11.6 Å². The summed E-state index contributed by atoms with van der Waals surface area (Å²) in [7, 11) is -1.83. The lowest BCUT2D eigenvalue weighted by molar-refractivity contribution is 0.00950. The maximum absolute atomic E-state index is 12.4. The van der Waals surface area contributed by atoms with Gasteiger partial charge in [-0.3, -0.25) is 0 Å². The lowest BCUT2D eigenvalue weighted by atomic mass is 10.1. The van der Waals surface area contributed by atoms with Gasteiger partial charge in [-0.05, 0) is 49.9 Å². The Morgan fingerprint density at radius 3 is 2.60 bits per heavy atom. The number of sulfonamides is 1. The summed E-state index contributed by atoms with van der Waals surface area (Å²) >= 11 is 5.78. The van der Waals surface area contributed by atoms with Gasteiger partial charge >= 0.3 is 0 Å². The molecule has 1 aliphatic rings. The maximum Gasteiger partial charge on any atom is 0.242 e.